The maximum Gasteiger partial charge on any atom is 0.323 e. The van der Waals surface area contributed by atoms with E-state index in [2.05, 4.69) is 5.32 Å². The molecule has 7 heteroatoms. The highest BCUT2D eigenvalue weighted by molar-refractivity contribution is 5.86. The van der Waals surface area contributed by atoms with Gasteiger partial charge >= 0.3 is 5.97 Å². The Labute approximate surface area is 127 Å². The SMILES string of the molecule is CCCC(=O)NCC(=O)N(CC(=O)O)Cc1ccc(F)cc1. The van der Waals surface area contributed by atoms with Gasteiger partial charge < -0.3 is 15.3 Å². The Morgan fingerprint density at radius 3 is 2.41 bits per heavy atom. The number of hydrogen-bond acceptors (Lipinski definition) is 3. The van der Waals surface area contributed by atoms with Gasteiger partial charge in [0, 0.05) is 13.0 Å². The van der Waals surface area contributed by atoms with Gasteiger partial charge in [-0.05, 0) is 24.1 Å². The predicted molar refractivity (Wildman–Crippen MR) is 77.4 cm³/mol. The largest absolute Gasteiger partial charge is 0.480 e. The van der Waals surface area contributed by atoms with E-state index in [0.29, 0.717) is 18.4 Å². The van der Waals surface area contributed by atoms with Crippen molar-refractivity contribution in [1.82, 2.24) is 10.2 Å². The summed E-state index contributed by atoms with van der Waals surface area (Å²) < 4.78 is 12.9. The Bertz CT molecular complexity index is 531. The molecule has 0 aromatic heterocycles. The molecule has 0 saturated carbocycles. The summed E-state index contributed by atoms with van der Waals surface area (Å²) in [5, 5.41) is 11.3. The lowest BCUT2D eigenvalue weighted by Gasteiger charge is -2.21. The molecule has 0 fully saturated rings. The average Bonchev–Trinajstić information content (AvgIpc) is 2.46. The number of halogens is 1. The molecular formula is C15H19FN2O4. The lowest BCUT2D eigenvalue weighted by molar-refractivity contribution is -0.144. The number of nitrogens with one attached hydrogen (secondary N) is 1. The highest BCUT2D eigenvalue weighted by Crippen LogP contribution is 2.07. The van der Waals surface area contributed by atoms with Gasteiger partial charge in [-0.3, -0.25) is 14.4 Å². The van der Waals surface area contributed by atoms with Crippen LogP contribution in [0.25, 0.3) is 0 Å². The zero-order chi connectivity index (χ0) is 16.5. The molecule has 0 bridgehead atoms. The maximum absolute atomic E-state index is 12.9. The molecule has 0 aliphatic rings. The second-order valence-corrected chi connectivity index (χ2v) is 4.80. The number of rotatable bonds is 8. The van der Waals surface area contributed by atoms with E-state index in [0.717, 1.165) is 4.90 Å². The molecule has 0 atom stereocenters. The van der Waals surface area contributed by atoms with Crippen LogP contribution in [0.2, 0.25) is 0 Å². The number of carboxylic acids is 1. The molecule has 0 aliphatic carbocycles. The van der Waals surface area contributed by atoms with Crippen molar-refractivity contribution in [2.75, 3.05) is 13.1 Å². The number of carbonyl (C=O) groups is 3. The molecule has 0 spiro atoms. The van der Waals surface area contributed by atoms with Gasteiger partial charge in [0.2, 0.25) is 11.8 Å². The van der Waals surface area contributed by atoms with E-state index in [1.165, 1.54) is 24.3 Å². The molecule has 0 heterocycles. The zero-order valence-electron chi connectivity index (χ0n) is 12.3. The Hall–Kier alpha value is -2.44. The van der Waals surface area contributed by atoms with Crippen LogP contribution in [-0.4, -0.2) is 40.9 Å². The van der Waals surface area contributed by atoms with Crippen molar-refractivity contribution in [2.45, 2.75) is 26.3 Å². The van der Waals surface area contributed by atoms with Crippen molar-refractivity contribution >= 4 is 17.8 Å². The third-order valence-electron chi connectivity index (χ3n) is 2.88. The minimum absolute atomic E-state index is 0.0368. The number of hydrogen-bond donors (Lipinski definition) is 2. The van der Waals surface area contributed by atoms with Crippen molar-refractivity contribution < 1.29 is 23.9 Å². The Kier molecular flexibility index (Phi) is 7.01. The van der Waals surface area contributed by atoms with Crippen LogP contribution in [0.3, 0.4) is 0 Å². The number of carboxylic acid groups (broad SMARTS) is 1. The number of benzene rings is 1. The first-order valence-corrected chi connectivity index (χ1v) is 6.93. The molecule has 2 N–H and O–H groups in total. The third kappa shape index (κ3) is 6.34. The smallest absolute Gasteiger partial charge is 0.323 e. The Morgan fingerprint density at radius 1 is 1.23 bits per heavy atom. The molecule has 0 radical (unpaired) electrons. The van der Waals surface area contributed by atoms with Gasteiger partial charge in [-0.25, -0.2) is 4.39 Å². The first kappa shape index (κ1) is 17.6. The summed E-state index contributed by atoms with van der Waals surface area (Å²) in [6, 6.07) is 5.43. The topological polar surface area (TPSA) is 86.7 Å². The fourth-order valence-electron chi connectivity index (χ4n) is 1.81. The Morgan fingerprint density at radius 2 is 1.86 bits per heavy atom. The van der Waals surface area contributed by atoms with E-state index in [-0.39, 0.29) is 19.0 Å². The van der Waals surface area contributed by atoms with E-state index in [1.807, 2.05) is 6.92 Å². The molecule has 1 aromatic rings. The minimum atomic E-state index is -1.16. The fourth-order valence-corrected chi connectivity index (χ4v) is 1.81. The van der Waals surface area contributed by atoms with E-state index in [9.17, 15) is 18.8 Å². The zero-order valence-corrected chi connectivity index (χ0v) is 12.3. The van der Waals surface area contributed by atoms with E-state index >= 15 is 0 Å². The van der Waals surface area contributed by atoms with Gasteiger partial charge in [0.25, 0.3) is 0 Å². The van der Waals surface area contributed by atoms with Crippen LogP contribution in [0.5, 0.6) is 0 Å². The van der Waals surface area contributed by atoms with Gasteiger partial charge in [-0.2, -0.15) is 0 Å². The summed E-state index contributed by atoms with van der Waals surface area (Å²) >= 11 is 0. The van der Waals surface area contributed by atoms with Crippen molar-refractivity contribution in [3.05, 3.63) is 35.6 Å². The normalized spacial score (nSPS) is 10.1. The number of carbonyl (C=O) groups excluding carboxylic acids is 2. The summed E-state index contributed by atoms with van der Waals surface area (Å²) in [5.41, 5.74) is 0.607. The van der Waals surface area contributed by atoms with Gasteiger partial charge in [-0.15, -0.1) is 0 Å². The average molecular weight is 310 g/mol. The van der Waals surface area contributed by atoms with Crippen molar-refractivity contribution in [1.29, 1.82) is 0 Å². The molecule has 0 saturated heterocycles. The fraction of sp³-hybridized carbons (Fsp3) is 0.400. The minimum Gasteiger partial charge on any atom is -0.480 e. The highest BCUT2D eigenvalue weighted by Gasteiger charge is 2.17. The summed E-state index contributed by atoms with van der Waals surface area (Å²) in [5.74, 6) is -2.33. The van der Waals surface area contributed by atoms with E-state index < -0.39 is 24.2 Å². The van der Waals surface area contributed by atoms with Crippen LogP contribution in [0, 0.1) is 5.82 Å². The van der Waals surface area contributed by atoms with Crippen LogP contribution in [-0.2, 0) is 20.9 Å². The lowest BCUT2D eigenvalue weighted by atomic mass is 10.2. The molecule has 1 rings (SSSR count). The van der Waals surface area contributed by atoms with Crippen LogP contribution >= 0.6 is 0 Å². The van der Waals surface area contributed by atoms with Gasteiger partial charge in [0.05, 0.1) is 6.54 Å². The van der Waals surface area contributed by atoms with E-state index in [4.69, 9.17) is 5.11 Å². The van der Waals surface area contributed by atoms with Crippen molar-refractivity contribution in [3.8, 4) is 0 Å². The molecular weight excluding hydrogens is 291 g/mol. The van der Waals surface area contributed by atoms with Crippen LogP contribution in [0.4, 0.5) is 4.39 Å². The number of amides is 2. The summed E-state index contributed by atoms with van der Waals surface area (Å²) in [6.07, 6.45) is 0.971. The van der Waals surface area contributed by atoms with Crippen LogP contribution in [0.1, 0.15) is 25.3 Å². The Balaban J connectivity index is 2.66. The van der Waals surface area contributed by atoms with Gasteiger partial charge in [-0.1, -0.05) is 19.1 Å². The standard InChI is InChI=1S/C15H19FN2O4/c1-2-3-13(19)17-8-14(20)18(10-15(21)22)9-11-4-6-12(16)7-5-11/h4-7H,2-3,8-10H2,1H3,(H,17,19)(H,21,22). The molecule has 2 amide bonds. The van der Waals surface area contributed by atoms with E-state index in [1.54, 1.807) is 0 Å². The van der Waals surface area contributed by atoms with Gasteiger partial charge in [0.1, 0.15) is 12.4 Å². The van der Waals surface area contributed by atoms with Crippen LogP contribution < -0.4 is 5.32 Å². The lowest BCUT2D eigenvalue weighted by Crippen LogP contribution is -2.42. The second-order valence-electron chi connectivity index (χ2n) is 4.80. The quantitative estimate of drug-likeness (QED) is 0.754. The molecule has 1 aromatic carbocycles. The van der Waals surface area contributed by atoms with Gasteiger partial charge in [0.15, 0.2) is 0 Å². The first-order chi connectivity index (χ1) is 10.4. The molecule has 22 heavy (non-hydrogen) atoms. The first-order valence-electron chi connectivity index (χ1n) is 6.93. The summed E-state index contributed by atoms with van der Waals surface area (Å²) in [6.45, 7) is 1.13. The van der Waals surface area contributed by atoms with Crippen LogP contribution in [0.15, 0.2) is 24.3 Å². The number of aliphatic carboxylic acids is 1. The summed E-state index contributed by atoms with van der Waals surface area (Å²) in [7, 11) is 0. The molecule has 120 valence electrons. The molecule has 0 unspecified atom stereocenters. The second kappa shape index (κ2) is 8.76. The maximum atomic E-state index is 12.9. The molecule has 6 nitrogen and oxygen atoms in total. The van der Waals surface area contributed by atoms with Crippen molar-refractivity contribution in [3.63, 3.8) is 0 Å². The molecule has 0 aliphatic heterocycles. The number of nitrogens with zero attached hydrogens (tertiary/aromatic N) is 1. The highest BCUT2D eigenvalue weighted by atomic mass is 19.1. The predicted octanol–water partition coefficient (Wildman–Crippen LogP) is 1.16. The van der Waals surface area contributed by atoms with Crippen molar-refractivity contribution in [2.24, 2.45) is 0 Å². The third-order valence-corrected chi connectivity index (χ3v) is 2.88. The summed E-state index contributed by atoms with van der Waals surface area (Å²) in [4.78, 5) is 35.3. The monoisotopic (exact) mass is 310 g/mol.